The first-order chi connectivity index (χ1) is 12.7. The van der Waals surface area contributed by atoms with Crippen molar-refractivity contribution < 1.29 is 8.42 Å². The van der Waals surface area contributed by atoms with Gasteiger partial charge in [-0.3, -0.25) is 4.99 Å². The van der Waals surface area contributed by atoms with Crippen molar-refractivity contribution in [3.8, 4) is 5.69 Å². The molecule has 2 aromatic rings. The Morgan fingerprint density at radius 3 is 2.43 bits per heavy atom. The van der Waals surface area contributed by atoms with Gasteiger partial charge in [-0.1, -0.05) is 12.1 Å². The van der Waals surface area contributed by atoms with Gasteiger partial charge >= 0.3 is 0 Å². The van der Waals surface area contributed by atoms with Crippen LogP contribution in [0.5, 0.6) is 0 Å². The van der Waals surface area contributed by atoms with E-state index in [2.05, 4.69) is 37.6 Å². The van der Waals surface area contributed by atoms with Gasteiger partial charge in [0.05, 0.1) is 11.9 Å². The van der Waals surface area contributed by atoms with Gasteiger partial charge in [0.25, 0.3) is 0 Å². The van der Waals surface area contributed by atoms with Crippen LogP contribution >= 0.6 is 24.0 Å². The first-order valence-corrected chi connectivity index (χ1v) is 10.6. The predicted octanol–water partition coefficient (Wildman–Crippen LogP) is 1.53. The third kappa shape index (κ3) is 8.57. The summed E-state index contributed by atoms with van der Waals surface area (Å²) < 4.78 is 27.2. The largest absolute Gasteiger partial charge is 0.356 e. The molecule has 1 aromatic heterocycles. The number of benzene rings is 1. The molecule has 0 saturated heterocycles. The number of guanidine groups is 1. The summed E-state index contributed by atoms with van der Waals surface area (Å²) in [4.78, 5) is 4.17. The van der Waals surface area contributed by atoms with E-state index in [4.69, 9.17) is 0 Å². The molecule has 0 amide bonds. The molecule has 3 N–H and O–H groups in total. The van der Waals surface area contributed by atoms with Gasteiger partial charge < -0.3 is 10.6 Å². The molecule has 0 aliphatic carbocycles. The summed E-state index contributed by atoms with van der Waals surface area (Å²) in [6.07, 6.45) is 5.65. The van der Waals surface area contributed by atoms with Crippen LogP contribution in [0.25, 0.3) is 5.69 Å². The Morgan fingerprint density at radius 1 is 1.21 bits per heavy atom. The van der Waals surface area contributed by atoms with Crippen molar-refractivity contribution >= 4 is 40.0 Å². The summed E-state index contributed by atoms with van der Waals surface area (Å²) in [5.41, 5.74) is 1.61. The number of nitrogens with zero attached hydrogens (tertiary/aromatic N) is 3. The van der Waals surface area contributed by atoms with Gasteiger partial charge in [0.1, 0.15) is 0 Å². The number of halogens is 1. The van der Waals surface area contributed by atoms with E-state index in [-0.39, 0.29) is 24.0 Å². The van der Waals surface area contributed by atoms with Crippen LogP contribution in [0.1, 0.15) is 19.4 Å². The Kier molecular flexibility index (Phi) is 9.37. The molecular weight excluding hydrogens is 491 g/mol. The van der Waals surface area contributed by atoms with Gasteiger partial charge in [-0.05, 0) is 44.0 Å². The Morgan fingerprint density at radius 2 is 1.89 bits per heavy atom. The SMILES string of the molecule is CN=C(NCCc1ccc(-n2cccn2)cc1)NCC(C)(C)NS(C)(=O)=O.I. The second-order valence-corrected chi connectivity index (χ2v) is 8.73. The molecule has 8 nitrogen and oxygen atoms in total. The van der Waals surface area contributed by atoms with E-state index in [1.807, 2.05) is 42.9 Å². The van der Waals surface area contributed by atoms with Crippen LogP contribution in [0.3, 0.4) is 0 Å². The highest BCUT2D eigenvalue weighted by atomic mass is 127. The number of hydrogen-bond donors (Lipinski definition) is 3. The van der Waals surface area contributed by atoms with E-state index in [0.29, 0.717) is 19.0 Å². The molecule has 0 aliphatic heterocycles. The summed E-state index contributed by atoms with van der Waals surface area (Å²) in [6, 6.07) is 10.1. The topological polar surface area (TPSA) is 100 Å². The summed E-state index contributed by atoms with van der Waals surface area (Å²) in [5.74, 6) is 0.631. The Hall–Kier alpha value is -1.66. The van der Waals surface area contributed by atoms with Crippen LogP contribution in [0.15, 0.2) is 47.7 Å². The van der Waals surface area contributed by atoms with Gasteiger partial charge in [0, 0.05) is 38.1 Å². The third-order valence-electron chi connectivity index (χ3n) is 3.79. The number of sulfonamides is 1. The van der Waals surface area contributed by atoms with Gasteiger partial charge in [-0.25, -0.2) is 17.8 Å². The van der Waals surface area contributed by atoms with Crippen molar-refractivity contribution in [2.24, 2.45) is 4.99 Å². The molecule has 1 aromatic carbocycles. The van der Waals surface area contributed by atoms with Crippen LogP contribution in [-0.2, 0) is 16.4 Å². The van der Waals surface area contributed by atoms with Gasteiger partial charge in [0.2, 0.25) is 10.0 Å². The van der Waals surface area contributed by atoms with Crippen molar-refractivity contribution in [1.82, 2.24) is 25.1 Å². The Balaban J connectivity index is 0.00000392. The fourth-order valence-electron chi connectivity index (χ4n) is 2.63. The molecule has 0 saturated carbocycles. The quantitative estimate of drug-likeness (QED) is 0.279. The zero-order valence-electron chi connectivity index (χ0n) is 16.6. The number of nitrogens with one attached hydrogen (secondary N) is 3. The fourth-order valence-corrected chi connectivity index (χ4v) is 3.70. The van der Waals surface area contributed by atoms with Gasteiger partial charge in [0.15, 0.2) is 5.96 Å². The first kappa shape index (κ1) is 24.4. The first-order valence-electron chi connectivity index (χ1n) is 8.71. The number of rotatable bonds is 8. The third-order valence-corrected chi connectivity index (χ3v) is 4.72. The van der Waals surface area contributed by atoms with Crippen molar-refractivity contribution in [2.45, 2.75) is 25.8 Å². The monoisotopic (exact) mass is 520 g/mol. The standard InChI is InChI=1S/C18H28N6O2S.HI/c1-18(2,23-27(4,25)26)14-21-17(19-3)20-12-10-15-6-8-16(9-7-15)24-13-5-11-22-24;/h5-9,11,13,23H,10,12,14H2,1-4H3,(H2,19,20,21);1H. The van der Waals surface area contributed by atoms with Crippen LogP contribution in [0.4, 0.5) is 0 Å². The number of aromatic nitrogens is 2. The molecular formula is C18H29IN6O2S. The highest BCUT2D eigenvalue weighted by Gasteiger charge is 2.22. The maximum absolute atomic E-state index is 11.4. The van der Waals surface area contributed by atoms with Crippen LogP contribution < -0.4 is 15.4 Å². The highest BCUT2D eigenvalue weighted by Crippen LogP contribution is 2.08. The van der Waals surface area contributed by atoms with Crippen molar-refractivity contribution in [2.75, 3.05) is 26.4 Å². The van der Waals surface area contributed by atoms with E-state index >= 15 is 0 Å². The minimum atomic E-state index is -3.27. The molecule has 0 unspecified atom stereocenters. The molecule has 0 radical (unpaired) electrons. The molecule has 0 fully saturated rings. The Bertz CT molecular complexity index is 849. The lowest BCUT2D eigenvalue weighted by Crippen LogP contribution is -2.53. The minimum absolute atomic E-state index is 0. The summed E-state index contributed by atoms with van der Waals surface area (Å²) in [6.45, 7) is 4.75. The van der Waals surface area contributed by atoms with Gasteiger partial charge in [-0.15, -0.1) is 24.0 Å². The second kappa shape index (κ2) is 10.8. The molecule has 0 bridgehead atoms. The zero-order chi connectivity index (χ0) is 19.9. The molecule has 0 atom stereocenters. The lowest BCUT2D eigenvalue weighted by Gasteiger charge is -2.26. The maximum Gasteiger partial charge on any atom is 0.209 e. The molecule has 0 spiro atoms. The average molecular weight is 520 g/mol. The fraction of sp³-hybridized carbons (Fsp3) is 0.444. The van der Waals surface area contributed by atoms with E-state index < -0.39 is 15.6 Å². The lowest BCUT2D eigenvalue weighted by atomic mass is 10.1. The average Bonchev–Trinajstić information content (AvgIpc) is 3.11. The predicted molar refractivity (Wildman–Crippen MR) is 124 cm³/mol. The molecule has 2 rings (SSSR count). The van der Waals surface area contributed by atoms with Crippen molar-refractivity contribution in [3.63, 3.8) is 0 Å². The van der Waals surface area contributed by atoms with E-state index in [9.17, 15) is 8.42 Å². The normalized spacial score (nSPS) is 12.4. The number of hydrogen-bond acceptors (Lipinski definition) is 4. The summed E-state index contributed by atoms with van der Waals surface area (Å²) in [7, 11) is -1.58. The number of aliphatic imine (C=N–C) groups is 1. The van der Waals surface area contributed by atoms with Crippen molar-refractivity contribution in [1.29, 1.82) is 0 Å². The molecule has 156 valence electrons. The Labute approximate surface area is 184 Å². The maximum atomic E-state index is 11.4. The van der Waals surface area contributed by atoms with Crippen LogP contribution in [-0.4, -0.2) is 56.1 Å². The van der Waals surface area contributed by atoms with Crippen LogP contribution in [0.2, 0.25) is 0 Å². The van der Waals surface area contributed by atoms with Crippen molar-refractivity contribution in [3.05, 3.63) is 48.3 Å². The highest BCUT2D eigenvalue weighted by molar-refractivity contribution is 14.0. The molecule has 0 aliphatic rings. The van der Waals surface area contributed by atoms with E-state index in [1.54, 1.807) is 13.2 Å². The lowest BCUT2D eigenvalue weighted by molar-refractivity contribution is 0.446. The van der Waals surface area contributed by atoms with Crippen LogP contribution in [0, 0.1) is 0 Å². The molecule has 10 heteroatoms. The molecule has 1 heterocycles. The summed E-state index contributed by atoms with van der Waals surface area (Å²) in [5, 5.41) is 10.6. The minimum Gasteiger partial charge on any atom is -0.356 e. The zero-order valence-corrected chi connectivity index (χ0v) is 19.8. The van der Waals surface area contributed by atoms with E-state index in [1.165, 1.54) is 5.56 Å². The van der Waals surface area contributed by atoms with Gasteiger partial charge in [-0.2, -0.15) is 5.10 Å². The smallest absolute Gasteiger partial charge is 0.209 e. The summed E-state index contributed by atoms with van der Waals surface area (Å²) >= 11 is 0. The van der Waals surface area contributed by atoms with E-state index in [0.717, 1.165) is 18.4 Å². The molecule has 28 heavy (non-hydrogen) atoms. The second-order valence-electron chi connectivity index (χ2n) is 6.98.